The lowest BCUT2D eigenvalue weighted by molar-refractivity contribution is 0.414. The summed E-state index contributed by atoms with van der Waals surface area (Å²) in [4.78, 5) is 0. The third kappa shape index (κ3) is 1.48. The second kappa shape index (κ2) is 2.55. The summed E-state index contributed by atoms with van der Waals surface area (Å²) in [6.45, 7) is 4.69. The molecule has 0 aromatic carbocycles. The Bertz CT molecular complexity index is 189. The standard InChI is InChI=1S/C10H16S/c1-8-3-5-9(6-4-8)10(2)7-11-10/h3,9H,4-7H2,1-2H3. The van der Waals surface area contributed by atoms with E-state index in [2.05, 4.69) is 31.7 Å². The summed E-state index contributed by atoms with van der Waals surface area (Å²) in [5.74, 6) is 2.39. The number of allylic oxidation sites excluding steroid dienone is 2. The Labute approximate surface area is 73.4 Å². The van der Waals surface area contributed by atoms with E-state index in [4.69, 9.17) is 0 Å². The van der Waals surface area contributed by atoms with Gasteiger partial charge in [-0.2, -0.15) is 11.8 Å². The summed E-state index contributed by atoms with van der Waals surface area (Å²) >= 11 is 2.15. The van der Waals surface area contributed by atoms with Gasteiger partial charge in [0.05, 0.1) is 0 Å². The molecule has 0 nitrogen and oxygen atoms in total. The van der Waals surface area contributed by atoms with Crippen LogP contribution in [-0.4, -0.2) is 10.5 Å². The van der Waals surface area contributed by atoms with E-state index < -0.39 is 0 Å². The highest BCUT2D eigenvalue weighted by Crippen LogP contribution is 2.53. The molecule has 2 atom stereocenters. The lowest BCUT2D eigenvalue weighted by Crippen LogP contribution is -2.20. The molecule has 2 aliphatic rings. The van der Waals surface area contributed by atoms with E-state index in [0.717, 1.165) is 5.92 Å². The zero-order chi connectivity index (χ0) is 7.90. The fourth-order valence-corrected chi connectivity index (χ4v) is 2.78. The zero-order valence-corrected chi connectivity index (χ0v) is 8.21. The molecule has 1 aliphatic carbocycles. The fourth-order valence-electron chi connectivity index (χ4n) is 1.87. The average Bonchev–Trinajstić information content (AvgIpc) is 2.70. The van der Waals surface area contributed by atoms with Crippen molar-refractivity contribution in [1.82, 2.24) is 0 Å². The molecule has 1 heteroatoms. The summed E-state index contributed by atoms with van der Waals surface area (Å²) < 4.78 is 0.678. The van der Waals surface area contributed by atoms with Crippen LogP contribution in [0.25, 0.3) is 0 Å². The van der Waals surface area contributed by atoms with Crippen molar-refractivity contribution in [2.75, 3.05) is 5.75 Å². The van der Waals surface area contributed by atoms with Crippen LogP contribution in [0, 0.1) is 5.92 Å². The molecule has 0 aromatic rings. The van der Waals surface area contributed by atoms with Crippen LogP contribution in [0.15, 0.2) is 11.6 Å². The summed E-state index contributed by atoms with van der Waals surface area (Å²) in [6.07, 6.45) is 6.57. The minimum atomic E-state index is 0.678. The highest BCUT2D eigenvalue weighted by molar-refractivity contribution is 8.07. The van der Waals surface area contributed by atoms with Crippen molar-refractivity contribution in [3.05, 3.63) is 11.6 Å². The average molecular weight is 168 g/mol. The normalized spacial score (nSPS) is 43.5. The molecule has 0 amide bonds. The van der Waals surface area contributed by atoms with Crippen LogP contribution in [0.2, 0.25) is 0 Å². The van der Waals surface area contributed by atoms with Gasteiger partial charge in [0.25, 0.3) is 0 Å². The van der Waals surface area contributed by atoms with Gasteiger partial charge in [-0.25, -0.2) is 0 Å². The van der Waals surface area contributed by atoms with Crippen LogP contribution in [0.3, 0.4) is 0 Å². The topological polar surface area (TPSA) is 0 Å². The molecule has 1 aliphatic heterocycles. The maximum absolute atomic E-state index is 2.44. The van der Waals surface area contributed by atoms with Gasteiger partial charge in [-0.3, -0.25) is 0 Å². The first kappa shape index (κ1) is 7.72. The molecule has 62 valence electrons. The molecular formula is C10H16S. The summed E-state index contributed by atoms with van der Waals surface area (Å²) in [5, 5.41) is 0. The zero-order valence-electron chi connectivity index (χ0n) is 7.39. The van der Waals surface area contributed by atoms with Gasteiger partial charge in [-0.05, 0) is 39.0 Å². The van der Waals surface area contributed by atoms with Crippen LogP contribution >= 0.6 is 11.8 Å². The van der Waals surface area contributed by atoms with E-state index in [1.807, 2.05) is 0 Å². The molecule has 2 unspecified atom stereocenters. The van der Waals surface area contributed by atoms with Crippen molar-refractivity contribution in [3.8, 4) is 0 Å². The highest BCUT2D eigenvalue weighted by atomic mass is 32.2. The van der Waals surface area contributed by atoms with Crippen molar-refractivity contribution < 1.29 is 0 Å². The predicted molar refractivity (Wildman–Crippen MR) is 52.0 cm³/mol. The van der Waals surface area contributed by atoms with Gasteiger partial charge >= 0.3 is 0 Å². The smallest absolute Gasteiger partial charge is 0.0254 e. The van der Waals surface area contributed by atoms with Crippen molar-refractivity contribution >= 4 is 11.8 Å². The molecule has 0 spiro atoms. The van der Waals surface area contributed by atoms with Crippen LogP contribution in [0.1, 0.15) is 33.1 Å². The van der Waals surface area contributed by atoms with Crippen LogP contribution in [0.4, 0.5) is 0 Å². The molecule has 1 fully saturated rings. The summed E-state index contributed by atoms with van der Waals surface area (Å²) in [5.41, 5.74) is 1.61. The SMILES string of the molecule is CC1=CCC(C2(C)CS2)CC1. The van der Waals surface area contributed by atoms with Gasteiger partial charge in [0.2, 0.25) is 0 Å². The summed E-state index contributed by atoms with van der Waals surface area (Å²) in [6, 6.07) is 0. The van der Waals surface area contributed by atoms with Gasteiger partial charge in [-0.15, -0.1) is 0 Å². The second-order valence-electron chi connectivity index (χ2n) is 4.12. The van der Waals surface area contributed by atoms with E-state index in [1.165, 1.54) is 25.0 Å². The molecule has 1 saturated heterocycles. The Morgan fingerprint density at radius 1 is 1.64 bits per heavy atom. The van der Waals surface area contributed by atoms with Crippen molar-refractivity contribution in [3.63, 3.8) is 0 Å². The molecule has 11 heavy (non-hydrogen) atoms. The minimum absolute atomic E-state index is 0.678. The van der Waals surface area contributed by atoms with Gasteiger partial charge < -0.3 is 0 Å². The lowest BCUT2D eigenvalue weighted by Gasteiger charge is -2.24. The first-order valence-electron chi connectivity index (χ1n) is 4.50. The maximum atomic E-state index is 2.44. The Kier molecular flexibility index (Phi) is 1.79. The number of thioether (sulfide) groups is 1. The number of rotatable bonds is 1. The van der Waals surface area contributed by atoms with Crippen molar-refractivity contribution in [2.24, 2.45) is 5.92 Å². The van der Waals surface area contributed by atoms with E-state index in [0.29, 0.717) is 4.75 Å². The predicted octanol–water partition coefficient (Wildman–Crippen LogP) is 3.24. The Balaban J connectivity index is 1.98. The quantitative estimate of drug-likeness (QED) is 0.428. The van der Waals surface area contributed by atoms with Gasteiger partial charge in [-0.1, -0.05) is 11.6 Å². The van der Waals surface area contributed by atoms with Crippen LogP contribution in [0.5, 0.6) is 0 Å². The van der Waals surface area contributed by atoms with Gasteiger partial charge in [0, 0.05) is 10.5 Å². The number of hydrogen-bond acceptors (Lipinski definition) is 1. The third-order valence-corrected chi connectivity index (χ3v) is 4.63. The molecule has 0 saturated carbocycles. The molecule has 0 bridgehead atoms. The first-order valence-corrected chi connectivity index (χ1v) is 5.49. The Morgan fingerprint density at radius 2 is 2.36 bits per heavy atom. The van der Waals surface area contributed by atoms with Crippen LogP contribution in [-0.2, 0) is 0 Å². The van der Waals surface area contributed by atoms with Crippen molar-refractivity contribution in [2.45, 2.75) is 37.9 Å². The monoisotopic (exact) mass is 168 g/mol. The minimum Gasteiger partial charge on any atom is -0.153 e. The molecule has 0 aromatic heterocycles. The van der Waals surface area contributed by atoms with E-state index >= 15 is 0 Å². The molecule has 1 heterocycles. The molecular weight excluding hydrogens is 152 g/mol. The highest BCUT2D eigenvalue weighted by Gasteiger charge is 2.45. The fraction of sp³-hybridized carbons (Fsp3) is 0.800. The molecule has 0 radical (unpaired) electrons. The summed E-state index contributed by atoms with van der Waals surface area (Å²) in [7, 11) is 0. The first-order chi connectivity index (χ1) is 5.21. The second-order valence-corrected chi connectivity index (χ2v) is 5.63. The Morgan fingerprint density at radius 3 is 2.82 bits per heavy atom. The Hall–Kier alpha value is 0.0900. The van der Waals surface area contributed by atoms with Crippen LogP contribution < -0.4 is 0 Å². The lowest BCUT2D eigenvalue weighted by atomic mass is 9.83. The van der Waals surface area contributed by atoms with E-state index in [9.17, 15) is 0 Å². The van der Waals surface area contributed by atoms with Crippen molar-refractivity contribution in [1.29, 1.82) is 0 Å². The third-order valence-electron chi connectivity index (χ3n) is 3.10. The maximum Gasteiger partial charge on any atom is 0.0254 e. The molecule has 2 rings (SSSR count). The van der Waals surface area contributed by atoms with E-state index in [-0.39, 0.29) is 0 Å². The number of hydrogen-bond donors (Lipinski definition) is 0. The largest absolute Gasteiger partial charge is 0.153 e. The van der Waals surface area contributed by atoms with Gasteiger partial charge in [0.1, 0.15) is 0 Å². The van der Waals surface area contributed by atoms with E-state index in [1.54, 1.807) is 5.57 Å². The molecule has 0 N–H and O–H groups in total. The van der Waals surface area contributed by atoms with Gasteiger partial charge in [0.15, 0.2) is 0 Å².